The molecule has 2 amide bonds. The number of amides is 2. The minimum atomic E-state index is -0.237. The third kappa shape index (κ3) is 3.20. The molecule has 1 aliphatic heterocycles. The van der Waals surface area contributed by atoms with Crippen LogP contribution in [0, 0.1) is 5.82 Å². The van der Waals surface area contributed by atoms with Crippen LogP contribution in [0.4, 0.5) is 9.18 Å². The molecule has 0 radical (unpaired) electrons. The number of nitrogens with one attached hydrogen (secondary N) is 1. The number of rotatable bonds is 4. The van der Waals surface area contributed by atoms with E-state index in [-0.39, 0.29) is 23.4 Å². The second kappa shape index (κ2) is 6.48. The van der Waals surface area contributed by atoms with Gasteiger partial charge in [0.15, 0.2) is 0 Å². The Bertz CT molecular complexity index is 554. The number of hydrogen-bond donors (Lipinski definition) is 1. The van der Waals surface area contributed by atoms with Gasteiger partial charge in [-0.15, -0.1) is 0 Å². The zero-order valence-corrected chi connectivity index (χ0v) is 14.0. The number of likely N-dealkylation sites (N-methyl/N-ethyl adjacent to an activating group) is 1. The highest BCUT2D eigenvalue weighted by Gasteiger charge is 2.47. The second-order valence-corrected chi connectivity index (χ2v) is 7.05. The maximum Gasteiger partial charge on any atom is 0.317 e. The van der Waals surface area contributed by atoms with Crippen molar-refractivity contribution in [2.24, 2.45) is 0 Å². The summed E-state index contributed by atoms with van der Waals surface area (Å²) in [6, 6.07) is 6.61. The minimum Gasteiger partial charge on any atom is -0.336 e. The number of carbonyl (C=O) groups excluding carboxylic acids is 1. The van der Waals surface area contributed by atoms with E-state index in [0.29, 0.717) is 6.54 Å². The molecule has 3 rings (SSSR count). The van der Waals surface area contributed by atoms with E-state index < -0.39 is 0 Å². The molecule has 1 saturated carbocycles. The van der Waals surface area contributed by atoms with E-state index in [2.05, 4.69) is 10.2 Å². The second-order valence-electron chi connectivity index (χ2n) is 7.05. The summed E-state index contributed by atoms with van der Waals surface area (Å²) in [7, 11) is 3.95. The zero-order valence-electron chi connectivity index (χ0n) is 14.0. The van der Waals surface area contributed by atoms with Gasteiger partial charge in [-0.3, -0.25) is 0 Å². The molecule has 1 aromatic carbocycles. The van der Waals surface area contributed by atoms with Gasteiger partial charge < -0.3 is 15.1 Å². The predicted octanol–water partition coefficient (Wildman–Crippen LogP) is 3.16. The van der Waals surface area contributed by atoms with Crippen LogP contribution in [0.5, 0.6) is 0 Å². The van der Waals surface area contributed by atoms with Crippen LogP contribution in [-0.4, -0.2) is 48.6 Å². The van der Waals surface area contributed by atoms with Crippen LogP contribution in [0.3, 0.4) is 0 Å². The van der Waals surface area contributed by atoms with Crippen LogP contribution >= 0.6 is 0 Å². The molecule has 2 fully saturated rings. The van der Waals surface area contributed by atoms with Gasteiger partial charge in [0, 0.05) is 18.6 Å². The number of benzene rings is 1. The maximum absolute atomic E-state index is 13.1. The molecule has 1 atom stereocenters. The lowest BCUT2D eigenvalue weighted by molar-refractivity contribution is 0.0802. The highest BCUT2D eigenvalue weighted by Crippen LogP contribution is 2.45. The molecule has 5 heteroatoms. The van der Waals surface area contributed by atoms with Gasteiger partial charge >= 0.3 is 6.03 Å². The largest absolute Gasteiger partial charge is 0.336 e. The van der Waals surface area contributed by atoms with Crippen LogP contribution in [0.15, 0.2) is 24.3 Å². The Kier molecular flexibility index (Phi) is 4.57. The Morgan fingerprint density at radius 1 is 1.26 bits per heavy atom. The van der Waals surface area contributed by atoms with E-state index in [1.165, 1.54) is 18.6 Å². The van der Waals surface area contributed by atoms with Crippen molar-refractivity contribution in [2.45, 2.75) is 43.7 Å². The van der Waals surface area contributed by atoms with Gasteiger partial charge in [-0.2, -0.15) is 0 Å². The molecule has 1 saturated heterocycles. The Morgan fingerprint density at radius 2 is 1.91 bits per heavy atom. The topological polar surface area (TPSA) is 35.6 Å². The molecule has 0 aromatic heterocycles. The van der Waals surface area contributed by atoms with Crippen molar-refractivity contribution in [3.8, 4) is 0 Å². The Balaban J connectivity index is 1.62. The lowest BCUT2D eigenvalue weighted by Crippen LogP contribution is -2.55. The van der Waals surface area contributed by atoms with Crippen molar-refractivity contribution >= 4 is 6.03 Å². The lowest BCUT2D eigenvalue weighted by atomic mass is 9.75. The van der Waals surface area contributed by atoms with Crippen molar-refractivity contribution in [2.75, 3.05) is 27.2 Å². The fourth-order valence-corrected chi connectivity index (χ4v) is 3.92. The summed E-state index contributed by atoms with van der Waals surface area (Å²) in [5, 5.41) is 3.09. The number of likely N-dealkylation sites (tertiary alicyclic amines) is 1. The van der Waals surface area contributed by atoms with Crippen molar-refractivity contribution in [3.05, 3.63) is 35.6 Å². The van der Waals surface area contributed by atoms with Crippen molar-refractivity contribution < 1.29 is 9.18 Å². The van der Waals surface area contributed by atoms with Gasteiger partial charge in [-0.05, 0) is 63.9 Å². The first-order valence-electron chi connectivity index (χ1n) is 8.49. The average molecular weight is 319 g/mol. The summed E-state index contributed by atoms with van der Waals surface area (Å²) in [5.41, 5.74) is 1.16. The predicted molar refractivity (Wildman–Crippen MR) is 88.7 cm³/mol. The van der Waals surface area contributed by atoms with Crippen molar-refractivity contribution in [1.82, 2.24) is 15.1 Å². The normalized spacial score (nSPS) is 20.6. The Morgan fingerprint density at radius 3 is 2.48 bits per heavy atom. The third-order valence-electron chi connectivity index (χ3n) is 5.45. The van der Waals surface area contributed by atoms with E-state index in [1.54, 1.807) is 12.1 Å². The lowest BCUT2D eigenvalue weighted by Gasteiger charge is -2.45. The van der Waals surface area contributed by atoms with E-state index in [1.807, 2.05) is 19.0 Å². The van der Waals surface area contributed by atoms with Gasteiger partial charge in [0.2, 0.25) is 0 Å². The highest BCUT2D eigenvalue weighted by molar-refractivity contribution is 5.75. The maximum atomic E-state index is 13.1. The summed E-state index contributed by atoms with van der Waals surface area (Å²) in [6.07, 6.45) is 5.79. The molecule has 23 heavy (non-hydrogen) atoms. The fourth-order valence-electron chi connectivity index (χ4n) is 3.92. The smallest absolute Gasteiger partial charge is 0.317 e. The number of urea groups is 1. The van der Waals surface area contributed by atoms with Crippen molar-refractivity contribution in [3.63, 3.8) is 0 Å². The molecule has 1 spiro atoms. The van der Waals surface area contributed by atoms with Crippen LogP contribution in [0.25, 0.3) is 0 Å². The first kappa shape index (κ1) is 16.2. The summed E-state index contributed by atoms with van der Waals surface area (Å²) in [6.45, 7) is 1.40. The molecule has 1 aliphatic carbocycles. The van der Waals surface area contributed by atoms with Gasteiger partial charge in [-0.1, -0.05) is 12.1 Å². The van der Waals surface area contributed by atoms with Crippen LogP contribution < -0.4 is 5.32 Å². The zero-order chi connectivity index (χ0) is 16.4. The molecule has 2 aliphatic rings. The average Bonchev–Trinajstić information content (AvgIpc) is 2.94. The molecule has 126 valence electrons. The first-order valence-corrected chi connectivity index (χ1v) is 8.49. The Labute approximate surface area is 137 Å². The number of nitrogens with zero attached hydrogens (tertiary/aromatic N) is 2. The molecule has 0 bridgehead atoms. The standard InChI is InChI=1S/C18H26FN3O/c1-21(2)16(14-5-7-15(19)8-6-14)13-20-17(23)22-12-4-11-18(22)9-3-10-18/h5-8,16H,3-4,9-13H2,1-2H3,(H,20,23). The molecular formula is C18H26FN3O. The molecular weight excluding hydrogens is 293 g/mol. The van der Waals surface area contributed by atoms with Gasteiger partial charge in [0.05, 0.1) is 6.04 Å². The molecule has 1 heterocycles. The third-order valence-corrected chi connectivity index (χ3v) is 5.45. The van der Waals surface area contributed by atoms with E-state index in [0.717, 1.165) is 37.8 Å². The highest BCUT2D eigenvalue weighted by atomic mass is 19.1. The molecule has 4 nitrogen and oxygen atoms in total. The Hall–Kier alpha value is -1.62. The summed E-state index contributed by atoms with van der Waals surface area (Å²) in [5.74, 6) is -0.237. The first-order chi connectivity index (χ1) is 11.0. The van der Waals surface area contributed by atoms with Crippen molar-refractivity contribution in [1.29, 1.82) is 0 Å². The summed E-state index contributed by atoms with van der Waals surface area (Å²) in [4.78, 5) is 16.7. The van der Waals surface area contributed by atoms with E-state index in [9.17, 15) is 9.18 Å². The number of carbonyl (C=O) groups is 1. The van der Waals surface area contributed by atoms with Crippen LogP contribution in [0.2, 0.25) is 0 Å². The summed E-state index contributed by atoms with van der Waals surface area (Å²) >= 11 is 0. The van der Waals surface area contributed by atoms with E-state index >= 15 is 0 Å². The quantitative estimate of drug-likeness (QED) is 0.925. The monoisotopic (exact) mass is 319 g/mol. The minimum absolute atomic E-state index is 0.0412. The van der Waals surface area contributed by atoms with Crippen LogP contribution in [0.1, 0.15) is 43.7 Å². The SMILES string of the molecule is CN(C)C(CNC(=O)N1CCCC12CCC2)c1ccc(F)cc1. The number of hydrogen-bond acceptors (Lipinski definition) is 2. The fraction of sp³-hybridized carbons (Fsp3) is 0.611. The molecule has 1 N–H and O–H groups in total. The van der Waals surface area contributed by atoms with Crippen LogP contribution in [-0.2, 0) is 0 Å². The van der Waals surface area contributed by atoms with E-state index in [4.69, 9.17) is 0 Å². The molecule has 1 unspecified atom stereocenters. The number of halogens is 1. The van der Waals surface area contributed by atoms with Gasteiger partial charge in [-0.25, -0.2) is 9.18 Å². The summed E-state index contributed by atoms with van der Waals surface area (Å²) < 4.78 is 13.1. The van der Waals surface area contributed by atoms with Gasteiger partial charge in [0.25, 0.3) is 0 Å². The molecule has 1 aromatic rings. The van der Waals surface area contributed by atoms with Gasteiger partial charge in [0.1, 0.15) is 5.82 Å².